The second-order valence-electron chi connectivity index (χ2n) is 6.97. The standard InChI is InChI=1S/C16H29NO10/c1-6-10(17(3)7(2)20)12(22)15(9(5-19)25-6)27-16-14(24)13(23)11(21)8(4-18)26-16/h6,8-16,18-19,21-24H,4-5H2,1-3H3/t6-,8?,9?,10?,11-,12?,13?,14?,15+,16-/m0/s1. The maximum Gasteiger partial charge on any atom is 0.219 e. The Hall–Kier alpha value is -0.890. The van der Waals surface area contributed by atoms with Gasteiger partial charge in [0.1, 0.15) is 42.7 Å². The molecule has 1 amide bonds. The summed E-state index contributed by atoms with van der Waals surface area (Å²) in [7, 11) is 1.49. The Balaban J connectivity index is 2.21. The van der Waals surface area contributed by atoms with Crippen LogP contribution in [-0.4, -0.2) is 123 Å². The predicted octanol–water partition coefficient (Wildman–Crippen LogP) is -3.84. The number of amides is 1. The molecule has 0 aliphatic carbocycles. The molecule has 0 radical (unpaired) electrons. The number of likely N-dealkylation sites (N-methyl/N-ethyl adjacent to an activating group) is 1. The van der Waals surface area contributed by atoms with Crippen molar-refractivity contribution in [2.75, 3.05) is 20.3 Å². The van der Waals surface area contributed by atoms with E-state index in [0.29, 0.717) is 0 Å². The maximum absolute atomic E-state index is 11.7. The van der Waals surface area contributed by atoms with Gasteiger partial charge in [-0.05, 0) is 6.92 Å². The molecule has 0 spiro atoms. The average Bonchev–Trinajstić information content (AvgIpc) is 2.63. The Kier molecular flexibility index (Phi) is 7.53. The molecule has 0 saturated carbocycles. The zero-order valence-corrected chi connectivity index (χ0v) is 15.5. The topological polar surface area (TPSA) is 169 Å². The van der Waals surface area contributed by atoms with E-state index in [9.17, 15) is 35.4 Å². The van der Waals surface area contributed by atoms with Gasteiger partial charge in [-0.3, -0.25) is 4.79 Å². The van der Waals surface area contributed by atoms with E-state index in [2.05, 4.69) is 0 Å². The van der Waals surface area contributed by atoms with Gasteiger partial charge in [0, 0.05) is 14.0 Å². The van der Waals surface area contributed by atoms with Crippen LogP contribution in [0.2, 0.25) is 0 Å². The fourth-order valence-corrected chi connectivity index (χ4v) is 3.53. The number of hydrogen-bond acceptors (Lipinski definition) is 10. The van der Waals surface area contributed by atoms with Crippen molar-refractivity contribution in [3.05, 3.63) is 0 Å². The van der Waals surface area contributed by atoms with Crippen LogP contribution in [0.4, 0.5) is 0 Å². The van der Waals surface area contributed by atoms with Crippen molar-refractivity contribution >= 4 is 5.91 Å². The van der Waals surface area contributed by atoms with Crippen molar-refractivity contribution in [1.82, 2.24) is 4.90 Å². The first-order chi connectivity index (χ1) is 12.6. The van der Waals surface area contributed by atoms with E-state index in [1.54, 1.807) is 6.92 Å². The molecule has 11 nitrogen and oxygen atoms in total. The van der Waals surface area contributed by atoms with E-state index in [4.69, 9.17) is 14.2 Å². The molecule has 2 heterocycles. The molecule has 0 bridgehead atoms. The van der Waals surface area contributed by atoms with Gasteiger partial charge in [0.25, 0.3) is 0 Å². The van der Waals surface area contributed by atoms with Crippen molar-refractivity contribution in [1.29, 1.82) is 0 Å². The van der Waals surface area contributed by atoms with Crippen molar-refractivity contribution in [2.45, 2.75) is 75.0 Å². The van der Waals surface area contributed by atoms with Crippen LogP contribution in [0.1, 0.15) is 13.8 Å². The lowest BCUT2D eigenvalue weighted by atomic mass is 9.92. The van der Waals surface area contributed by atoms with Gasteiger partial charge in [0.15, 0.2) is 6.29 Å². The van der Waals surface area contributed by atoms with Crippen LogP contribution in [0.5, 0.6) is 0 Å². The van der Waals surface area contributed by atoms with Crippen molar-refractivity contribution < 1.29 is 49.6 Å². The van der Waals surface area contributed by atoms with Crippen LogP contribution in [-0.2, 0) is 19.0 Å². The molecule has 0 aromatic rings. The molecule has 2 aliphatic rings. The third kappa shape index (κ3) is 4.42. The highest BCUT2D eigenvalue weighted by Crippen LogP contribution is 2.30. The predicted molar refractivity (Wildman–Crippen MR) is 88.3 cm³/mol. The van der Waals surface area contributed by atoms with E-state index in [-0.39, 0.29) is 5.91 Å². The zero-order chi connectivity index (χ0) is 20.5. The maximum atomic E-state index is 11.7. The largest absolute Gasteiger partial charge is 0.394 e. The summed E-state index contributed by atoms with van der Waals surface area (Å²) < 4.78 is 16.5. The molecule has 2 fully saturated rings. The van der Waals surface area contributed by atoms with Gasteiger partial charge < -0.3 is 49.7 Å². The molecule has 10 atom stereocenters. The van der Waals surface area contributed by atoms with Gasteiger partial charge in [-0.2, -0.15) is 0 Å². The summed E-state index contributed by atoms with van der Waals surface area (Å²) in [5, 5.41) is 59.4. The van der Waals surface area contributed by atoms with Gasteiger partial charge in [-0.1, -0.05) is 0 Å². The first kappa shape index (κ1) is 22.4. The molecular weight excluding hydrogens is 366 g/mol. The molecule has 158 valence electrons. The minimum atomic E-state index is -1.67. The lowest BCUT2D eigenvalue weighted by Gasteiger charge is -2.48. The summed E-state index contributed by atoms with van der Waals surface area (Å²) in [5.41, 5.74) is 0. The Morgan fingerprint density at radius 2 is 1.56 bits per heavy atom. The third-order valence-electron chi connectivity index (χ3n) is 5.19. The first-order valence-electron chi connectivity index (χ1n) is 8.77. The number of aliphatic hydroxyl groups is 6. The Labute approximate surface area is 156 Å². The van der Waals surface area contributed by atoms with E-state index < -0.39 is 74.4 Å². The Morgan fingerprint density at radius 3 is 2.07 bits per heavy atom. The van der Waals surface area contributed by atoms with Gasteiger partial charge in [-0.15, -0.1) is 0 Å². The number of ether oxygens (including phenoxy) is 3. The van der Waals surface area contributed by atoms with Gasteiger partial charge in [0.2, 0.25) is 5.91 Å². The zero-order valence-electron chi connectivity index (χ0n) is 15.5. The molecule has 2 aliphatic heterocycles. The van der Waals surface area contributed by atoms with E-state index in [1.807, 2.05) is 0 Å². The fourth-order valence-electron chi connectivity index (χ4n) is 3.53. The quantitative estimate of drug-likeness (QED) is 0.271. The summed E-state index contributed by atoms with van der Waals surface area (Å²) in [6.07, 6.45) is -11.7. The summed E-state index contributed by atoms with van der Waals surface area (Å²) in [6.45, 7) is 1.82. The monoisotopic (exact) mass is 395 g/mol. The minimum absolute atomic E-state index is 0.316. The molecule has 6 N–H and O–H groups in total. The van der Waals surface area contributed by atoms with Crippen molar-refractivity contribution in [2.24, 2.45) is 0 Å². The molecular formula is C16H29NO10. The molecule has 11 heteroatoms. The van der Waals surface area contributed by atoms with Gasteiger partial charge in [-0.25, -0.2) is 0 Å². The molecule has 0 aromatic carbocycles. The van der Waals surface area contributed by atoms with Crippen LogP contribution in [0.25, 0.3) is 0 Å². The summed E-state index contributed by atoms with van der Waals surface area (Å²) in [5.74, 6) is -0.316. The molecule has 2 saturated heterocycles. The molecule has 6 unspecified atom stereocenters. The van der Waals surface area contributed by atoms with Crippen LogP contribution in [0.15, 0.2) is 0 Å². The number of carbonyl (C=O) groups is 1. The van der Waals surface area contributed by atoms with Crippen LogP contribution in [0.3, 0.4) is 0 Å². The summed E-state index contributed by atoms with van der Waals surface area (Å²) in [4.78, 5) is 13.0. The first-order valence-corrected chi connectivity index (χ1v) is 8.77. The highest BCUT2D eigenvalue weighted by molar-refractivity contribution is 5.73. The lowest BCUT2D eigenvalue weighted by Crippen LogP contribution is -2.66. The fraction of sp³-hybridized carbons (Fsp3) is 0.938. The number of hydrogen-bond donors (Lipinski definition) is 6. The molecule has 27 heavy (non-hydrogen) atoms. The van der Waals surface area contributed by atoms with Crippen LogP contribution in [0, 0.1) is 0 Å². The normalized spacial score (nSPS) is 45.5. The number of carbonyl (C=O) groups excluding carboxylic acids is 1. The third-order valence-corrected chi connectivity index (χ3v) is 5.19. The lowest BCUT2D eigenvalue weighted by molar-refractivity contribution is -0.337. The number of rotatable bonds is 5. The van der Waals surface area contributed by atoms with Gasteiger partial charge in [0.05, 0.1) is 25.4 Å². The highest BCUT2D eigenvalue weighted by atomic mass is 16.7. The SMILES string of the molecule is CC(=O)N(C)C1C(O)[C@H](O[C@@H]2OC(CO)[C@H](O)C(O)C2O)C(CO)O[C@H]1C. The van der Waals surface area contributed by atoms with Crippen molar-refractivity contribution in [3.63, 3.8) is 0 Å². The second-order valence-corrected chi connectivity index (χ2v) is 6.97. The highest BCUT2D eigenvalue weighted by Gasteiger charge is 2.50. The Bertz CT molecular complexity index is 506. The van der Waals surface area contributed by atoms with Crippen LogP contribution >= 0.6 is 0 Å². The molecule has 2 rings (SSSR count). The van der Waals surface area contributed by atoms with Gasteiger partial charge >= 0.3 is 0 Å². The van der Waals surface area contributed by atoms with E-state index >= 15 is 0 Å². The Morgan fingerprint density at radius 1 is 0.963 bits per heavy atom. The van der Waals surface area contributed by atoms with E-state index in [1.165, 1.54) is 18.9 Å². The minimum Gasteiger partial charge on any atom is -0.394 e. The smallest absolute Gasteiger partial charge is 0.219 e. The summed E-state index contributed by atoms with van der Waals surface area (Å²) in [6, 6.07) is -0.791. The number of aliphatic hydroxyl groups excluding tert-OH is 6. The average molecular weight is 395 g/mol. The van der Waals surface area contributed by atoms with Crippen molar-refractivity contribution in [3.8, 4) is 0 Å². The van der Waals surface area contributed by atoms with E-state index in [0.717, 1.165) is 0 Å². The second kappa shape index (κ2) is 9.07. The summed E-state index contributed by atoms with van der Waals surface area (Å²) >= 11 is 0. The van der Waals surface area contributed by atoms with Crippen LogP contribution < -0.4 is 0 Å². The molecule has 0 aromatic heterocycles. The number of nitrogens with zero attached hydrogens (tertiary/aromatic N) is 1.